The Hall–Kier alpha value is -3.34. The Morgan fingerprint density at radius 1 is 1.07 bits per heavy atom. The maximum absolute atomic E-state index is 13.5. The van der Waals surface area contributed by atoms with E-state index in [0.717, 1.165) is 42.0 Å². The van der Waals surface area contributed by atoms with E-state index < -0.39 is 0 Å². The van der Waals surface area contributed by atoms with Crippen molar-refractivity contribution < 1.29 is 9.13 Å². The summed E-state index contributed by atoms with van der Waals surface area (Å²) in [5.41, 5.74) is 3.88. The Morgan fingerprint density at radius 3 is 2.60 bits per heavy atom. The standard InChI is InChI=1S/C23H20FN5O/c24-18-7-5-16(6-8-18)21-12-27-23(29-13-20-11-26-10-19(29)14-30-20)28-22(21)17-3-1-15(9-25)2-4-17/h1-8,12,19-20,26H,10-11,13-14H2. The molecule has 2 unspecified atom stereocenters. The lowest BCUT2D eigenvalue weighted by Crippen LogP contribution is -2.50. The number of morpholine rings is 1. The highest BCUT2D eigenvalue weighted by Crippen LogP contribution is 2.32. The third kappa shape index (κ3) is 3.52. The number of nitriles is 1. The topological polar surface area (TPSA) is 74.1 Å². The molecule has 4 heterocycles. The van der Waals surface area contributed by atoms with Gasteiger partial charge in [0.2, 0.25) is 5.95 Å². The van der Waals surface area contributed by atoms with Crippen LogP contribution in [-0.2, 0) is 4.74 Å². The summed E-state index contributed by atoms with van der Waals surface area (Å²) in [6.07, 6.45) is 1.91. The van der Waals surface area contributed by atoms with E-state index in [0.29, 0.717) is 18.1 Å². The van der Waals surface area contributed by atoms with Gasteiger partial charge in [-0.1, -0.05) is 24.3 Å². The summed E-state index contributed by atoms with van der Waals surface area (Å²) in [7, 11) is 0. The first-order chi connectivity index (χ1) is 14.7. The molecule has 0 aliphatic carbocycles. The number of halogens is 1. The fourth-order valence-electron chi connectivity index (χ4n) is 3.98. The van der Waals surface area contributed by atoms with Crippen molar-refractivity contribution >= 4 is 5.95 Å². The Morgan fingerprint density at radius 2 is 1.83 bits per heavy atom. The van der Waals surface area contributed by atoms with Gasteiger partial charge in [-0.2, -0.15) is 5.26 Å². The van der Waals surface area contributed by atoms with Gasteiger partial charge < -0.3 is 15.0 Å². The van der Waals surface area contributed by atoms with Crippen LogP contribution < -0.4 is 10.2 Å². The average molecular weight is 401 g/mol. The molecular weight excluding hydrogens is 381 g/mol. The van der Waals surface area contributed by atoms with Crippen molar-refractivity contribution in [1.82, 2.24) is 15.3 Å². The Labute approximate surface area is 174 Å². The van der Waals surface area contributed by atoms with Crippen LogP contribution in [0.2, 0.25) is 0 Å². The first kappa shape index (κ1) is 18.7. The molecule has 30 heavy (non-hydrogen) atoms. The van der Waals surface area contributed by atoms with Gasteiger partial charge in [0.25, 0.3) is 0 Å². The molecule has 3 aliphatic rings. The third-order valence-electron chi connectivity index (χ3n) is 5.59. The van der Waals surface area contributed by atoms with Crippen molar-refractivity contribution in [3.8, 4) is 28.5 Å². The number of nitrogens with one attached hydrogen (secondary N) is 1. The lowest BCUT2D eigenvalue weighted by atomic mass is 10.00. The zero-order chi connectivity index (χ0) is 20.5. The van der Waals surface area contributed by atoms with E-state index in [1.165, 1.54) is 12.1 Å². The number of aromatic nitrogens is 2. The molecule has 2 aromatic carbocycles. The van der Waals surface area contributed by atoms with E-state index in [-0.39, 0.29) is 18.0 Å². The molecule has 0 amide bonds. The predicted molar refractivity (Wildman–Crippen MR) is 111 cm³/mol. The second-order valence-electron chi connectivity index (χ2n) is 7.55. The molecule has 2 bridgehead atoms. The zero-order valence-electron chi connectivity index (χ0n) is 16.3. The van der Waals surface area contributed by atoms with Crippen LogP contribution in [0.1, 0.15) is 5.56 Å². The van der Waals surface area contributed by atoms with Crippen molar-refractivity contribution in [2.75, 3.05) is 31.1 Å². The van der Waals surface area contributed by atoms with Crippen LogP contribution in [0.4, 0.5) is 10.3 Å². The van der Waals surface area contributed by atoms with Gasteiger partial charge in [-0.3, -0.25) is 0 Å². The second-order valence-corrected chi connectivity index (χ2v) is 7.55. The zero-order valence-corrected chi connectivity index (χ0v) is 16.3. The molecule has 1 aromatic heterocycles. The maximum atomic E-state index is 13.5. The highest BCUT2D eigenvalue weighted by atomic mass is 19.1. The van der Waals surface area contributed by atoms with Crippen LogP contribution in [-0.4, -0.2) is 48.4 Å². The quantitative estimate of drug-likeness (QED) is 0.727. The summed E-state index contributed by atoms with van der Waals surface area (Å²) >= 11 is 0. The van der Waals surface area contributed by atoms with Crippen molar-refractivity contribution in [1.29, 1.82) is 5.26 Å². The molecule has 7 heteroatoms. The van der Waals surface area contributed by atoms with E-state index in [9.17, 15) is 4.39 Å². The smallest absolute Gasteiger partial charge is 0.226 e. The molecule has 0 radical (unpaired) electrons. The number of benzene rings is 2. The SMILES string of the molecule is N#Cc1ccc(-c2nc(N3CC4CNCC3CO4)ncc2-c2ccc(F)cc2)cc1. The lowest BCUT2D eigenvalue weighted by Gasteiger charge is -2.36. The molecule has 3 saturated heterocycles. The number of anilines is 1. The molecule has 1 N–H and O–H groups in total. The lowest BCUT2D eigenvalue weighted by molar-refractivity contribution is 0.0385. The maximum Gasteiger partial charge on any atom is 0.226 e. The van der Waals surface area contributed by atoms with Gasteiger partial charge in [-0.15, -0.1) is 0 Å². The Kier molecular flexibility index (Phi) is 4.87. The Balaban J connectivity index is 1.61. The van der Waals surface area contributed by atoms with Crippen LogP contribution in [0, 0.1) is 17.1 Å². The molecule has 6 nitrogen and oxygen atoms in total. The molecule has 3 fully saturated rings. The van der Waals surface area contributed by atoms with Gasteiger partial charge >= 0.3 is 0 Å². The van der Waals surface area contributed by atoms with Gasteiger partial charge in [0.05, 0.1) is 36.1 Å². The first-order valence-electron chi connectivity index (χ1n) is 9.94. The molecule has 0 spiro atoms. The molecule has 6 rings (SSSR count). The van der Waals surface area contributed by atoms with Crippen LogP contribution >= 0.6 is 0 Å². The number of nitrogens with zero attached hydrogens (tertiary/aromatic N) is 4. The van der Waals surface area contributed by atoms with E-state index in [2.05, 4.69) is 21.3 Å². The van der Waals surface area contributed by atoms with Gasteiger partial charge in [-0.05, 0) is 29.8 Å². The minimum atomic E-state index is -0.288. The minimum absolute atomic E-state index is 0.113. The first-order valence-corrected chi connectivity index (χ1v) is 9.94. The van der Waals surface area contributed by atoms with Crippen LogP contribution in [0.15, 0.2) is 54.7 Å². The van der Waals surface area contributed by atoms with Gasteiger partial charge in [0, 0.05) is 37.0 Å². The van der Waals surface area contributed by atoms with Crippen molar-refractivity contribution in [2.45, 2.75) is 12.1 Å². The average Bonchev–Trinajstić information content (AvgIpc) is 3.15. The molecule has 2 atom stereocenters. The summed E-state index contributed by atoms with van der Waals surface area (Å²) in [6.45, 7) is 3.03. The summed E-state index contributed by atoms with van der Waals surface area (Å²) in [5, 5.41) is 12.5. The van der Waals surface area contributed by atoms with Crippen LogP contribution in [0.25, 0.3) is 22.4 Å². The molecule has 0 saturated carbocycles. The monoisotopic (exact) mass is 401 g/mol. The Bertz CT molecular complexity index is 1090. The molecule has 150 valence electrons. The van der Waals surface area contributed by atoms with Gasteiger partial charge in [-0.25, -0.2) is 14.4 Å². The molecular formula is C23H20FN5O. The van der Waals surface area contributed by atoms with E-state index >= 15 is 0 Å². The van der Waals surface area contributed by atoms with Crippen LogP contribution in [0.3, 0.4) is 0 Å². The fraction of sp³-hybridized carbons (Fsp3) is 0.261. The normalized spacial score (nSPS) is 20.6. The van der Waals surface area contributed by atoms with Crippen molar-refractivity contribution in [3.05, 3.63) is 66.1 Å². The minimum Gasteiger partial charge on any atom is -0.373 e. The number of rotatable bonds is 3. The largest absolute Gasteiger partial charge is 0.373 e. The van der Waals surface area contributed by atoms with E-state index in [1.807, 2.05) is 12.1 Å². The van der Waals surface area contributed by atoms with Crippen molar-refractivity contribution in [3.63, 3.8) is 0 Å². The molecule has 3 aliphatic heterocycles. The predicted octanol–water partition coefficient (Wildman–Crippen LogP) is 3.00. The van der Waals surface area contributed by atoms with Crippen LogP contribution in [0.5, 0.6) is 0 Å². The summed E-state index contributed by atoms with van der Waals surface area (Å²) < 4.78 is 19.3. The van der Waals surface area contributed by atoms with Gasteiger partial charge in [0.1, 0.15) is 5.82 Å². The summed E-state index contributed by atoms with van der Waals surface area (Å²) in [6, 6.07) is 16.0. The summed E-state index contributed by atoms with van der Waals surface area (Å²) in [5.74, 6) is 0.367. The molecule has 3 aromatic rings. The number of fused-ring (bicyclic) bond motifs is 4. The van der Waals surface area contributed by atoms with Crippen molar-refractivity contribution in [2.24, 2.45) is 0 Å². The highest BCUT2D eigenvalue weighted by molar-refractivity contribution is 5.81. The second kappa shape index (κ2) is 7.82. The number of ether oxygens (including phenoxy) is 1. The van der Waals surface area contributed by atoms with E-state index in [1.54, 1.807) is 30.5 Å². The third-order valence-corrected chi connectivity index (χ3v) is 5.59. The number of hydrogen-bond acceptors (Lipinski definition) is 6. The summed E-state index contributed by atoms with van der Waals surface area (Å²) in [4.78, 5) is 11.8. The van der Waals surface area contributed by atoms with E-state index in [4.69, 9.17) is 15.0 Å². The van der Waals surface area contributed by atoms with Gasteiger partial charge in [0.15, 0.2) is 0 Å². The highest BCUT2D eigenvalue weighted by Gasteiger charge is 2.33. The number of hydrogen-bond donors (Lipinski definition) is 1. The fourth-order valence-corrected chi connectivity index (χ4v) is 3.98.